The van der Waals surface area contributed by atoms with E-state index < -0.39 is 0 Å². The van der Waals surface area contributed by atoms with Gasteiger partial charge in [0.15, 0.2) is 11.5 Å². The second kappa shape index (κ2) is 7.67. The molecule has 148 valence electrons. The van der Waals surface area contributed by atoms with Gasteiger partial charge in [-0.2, -0.15) is 10.1 Å². The Kier molecular flexibility index (Phi) is 5.08. The molecule has 0 aliphatic carbocycles. The van der Waals surface area contributed by atoms with Crippen LogP contribution in [0.2, 0.25) is 0 Å². The van der Waals surface area contributed by atoms with Crippen LogP contribution in [0.1, 0.15) is 53.8 Å². The molecule has 0 spiro atoms. The van der Waals surface area contributed by atoms with Crippen LogP contribution in [-0.4, -0.2) is 66.6 Å². The van der Waals surface area contributed by atoms with Crippen LogP contribution < -0.4 is 0 Å². The van der Waals surface area contributed by atoms with Crippen LogP contribution in [-0.2, 0) is 6.54 Å². The average Bonchev–Trinajstić information content (AvgIpc) is 3.23. The molecule has 1 fully saturated rings. The van der Waals surface area contributed by atoms with Crippen molar-refractivity contribution in [1.82, 2.24) is 34.5 Å². The SMILES string of the molecule is Cc1cnc2c(C(=O)N3CCCN(Cc4noc(C(C)C)n4)CC3)cnn2c1. The zero-order valence-electron chi connectivity index (χ0n) is 16.5. The third kappa shape index (κ3) is 3.75. The van der Waals surface area contributed by atoms with Crippen LogP contribution in [0.15, 0.2) is 23.1 Å². The molecule has 0 N–H and O–H groups in total. The first-order chi connectivity index (χ1) is 13.5. The van der Waals surface area contributed by atoms with Crippen molar-refractivity contribution < 1.29 is 9.32 Å². The Morgan fingerprint density at radius 2 is 2.07 bits per heavy atom. The van der Waals surface area contributed by atoms with E-state index in [0.717, 1.165) is 25.1 Å². The third-order valence-corrected chi connectivity index (χ3v) is 4.93. The molecule has 0 unspecified atom stereocenters. The Balaban J connectivity index is 1.42. The first kappa shape index (κ1) is 18.5. The predicted molar refractivity (Wildman–Crippen MR) is 102 cm³/mol. The lowest BCUT2D eigenvalue weighted by Gasteiger charge is -2.20. The van der Waals surface area contributed by atoms with Crippen LogP contribution in [0.5, 0.6) is 0 Å². The molecular weight excluding hydrogens is 358 g/mol. The molecule has 1 aliphatic heterocycles. The summed E-state index contributed by atoms with van der Waals surface area (Å²) in [6, 6.07) is 0. The molecule has 3 aromatic rings. The maximum atomic E-state index is 13.0. The number of amides is 1. The summed E-state index contributed by atoms with van der Waals surface area (Å²) >= 11 is 0. The summed E-state index contributed by atoms with van der Waals surface area (Å²) in [6.45, 7) is 9.67. The Morgan fingerprint density at radius 1 is 1.21 bits per heavy atom. The van der Waals surface area contributed by atoms with E-state index >= 15 is 0 Å². The molecule has 0 radical (unpaired) electrons. The number of carbonyl (C=O) groups excluding carboxylic acids is 1. The quantitative estimate of drug-likeness (QED) is 0.679. The number of hydrogen-bond donors (Lipinski definition) is 0. The summed E-state index contributed by atoms with van der Waals surface area (Å²) < 4.78 is 6.95. The van der Waals surface area contributed by atoms with Gasteiger partial charge in [0.1, 0.15) is 5.56 Å². The van der Waals surface area contributed by atoms with E-state index in [1.807, 2.05) is 31.9 Å². The zero-order chi connectivity index (χ0) is 19.7. The van der Waals surface area contributed by atoms with Crippen molar-refractivity contribution in [3.8, 4) is 0 Å². The highest BCUT2D eigenvalue weighted by Crippen LogP contribution is 2.16. The van der Waals surface area contributed by atoms with Gasteiger partial charge in [0.25, 0.3) is 5.91 Å². The Labute approximate surface area is 163 Å². The molecule has 0 bridgehead atoms. The molecule has 1 saturated heterocycles. The number of fused-ring (bicyclic) bond motifs is 1. The second-order valence-electron chi connectivity index (χ2n) is 7.58. The highest BCUT2D eigenvalue weighted by Gasteiger charge is 2.24. The Hall–Kier alpha value is -2.81. The summed E-state index contributed by atoms with van der Waals surface area (Å²) in [7, 11) is 0. The lowest BCUT2D eigenvalue weighted by atomic mass is 10.2. The van der Waals surface area contributed by atoms with Crippen molar-refractivity contribution in [1.29, 1.82) is 0 Å². The summed E-state index contributed by atoms with van der Waals surface area (Å²) in [5.74, 6) is 1.57. The summed E-state index contributed by atoms with van der Waals surface area (Å²) in [4.78, 5) is 26.0. The van der Waals surface area contributed by atoms with Gasteiger partial charge in [-0.1, -0.05) is 19.0 Å². The molecule has 9 nitrogen and oxygen atoms in total. The third-order valence-electron chi connectivity index (χ3n) is 4.93. The normalized spacial score (nSPS) is 16.1. The molecule has 1 amide bonds. The highest BCUT2D eigenvalue weighted by molar-refractivity contribution is 5.99. The first-order valence-corrected chi connectivity index (χ1v) is 9.65. The number of aryl methyl sites for hydroxylation is 1. The van der Waals surface area contributed by atoms with Crippen molar-refractivity contribution >= 4 is 11.6 Å². The van der Waals surface area contributed by atoms with Crippen LogP contribution >= 0.6 is 0 Å². The Morgan fingerprint density at radius 3 is 2.86 bits per heavy atom. The molecular formula is C19H25N7O2. The smallest absolute Gasteiger partial charge is 0.259 e. The van der Waals surface area contributed by atoms with Gasteiger partial charge in [0.05, 0.1) is 12.7 Å². The van der Waals surface area contributed by atoms with Crippen molar-refractivity contribution in [2.24, 2.45) is 0 Å². The van der Waals surface area contributed by atoms with E-state index in [1.165, 1.54) is 0 Å². The van der Waals surface area contributed by atoms with E-state index in [-0.39, 0.29) is 11.8 Å². The van der Waals surface area contributed by atoms with Crippen molar-refractivity contribution in [3.05, 3.63) is 41.4 Å². The largest absolute Gasteiger partial charge is 0.339 e. The topological polar surface area (TPSA) is 92.7 Å². The van der Waals surface area contributed by atoms with Gasteiger partial charge in [-0.15, -0.1) is 0 Å². The van der Waals surface area contributed by atoms with Gasteiger partial charge >= 0.3 is 0 Å². The minimum Gasteiger partial charge on any atom is -0.339 e. The second-order valence-corrected chi connectivity index (χ2v) is 7.58. The predicted octanol–water partition coefficient (Wildman–Crippen LogP) is 1.89. The number of aromatic nitrogens is 5. The lowest BCUT2D eigenvalue weighted by Crippen LogP contribution is -2.35. The maximum Gasteiger partial charge on any atom is 0.259 e. The van der Waals surface area contributed by atoms with Crippen molar-refractivity contribution in [2.75, 3.05) is 26.2 Å². The van der Waals surface area contributed by atoms with Crippen molar-refractivity contribution in [3.63, 3.8) is 0 Å². The number of nitrogens with zero attached hydrogens (tertiary/aromatic N) is 7. The van der Waals surface area contributed by atoms with Crippen LogP contribution in [0.4, 0.5) is 0 Å². The molecule has 0 atom stereocenters. The molecule has 3 aromatic heterocycles. The van der Waals surface area contributed by atoms with E-state index in [0.29, 0.717) is 42.6 Å². The monoisotopic (exact) mass is 383 g/mol. The fourth-order valence-electron chi connectivity index (χ4n) is 3.39. The van der Waals surface area contributed by atoms with Crippen molar-refractivity contribution in [2.45, 2.75) is 39.7 Å². The average molecular weight is 383 g/mol. The first-order valence-electron chi connectivity index (χ1n) is 9.65. The van der Waals surface area contributed by atoms with Gasteiger partial charge in [0, 0.05) is 44.5 Å². The van der Waals surface area contributed by atoms with Crippen LogP contribution in [0.25, 0.3) is 5.65 Å². The Bertz CT molecular complexity index is 978. The molecule has 0 aromatic carbocycles. The van der Waals surface area contributed by atoms with Gasteiger partial charge in [-0.05, 0) is 18.9 Å². The highest BCUT2D eigenvalue weighted by atomic mass is 16.5. The minimum absolute atomic E-state index is 0.0186. The van der Waals surface area contributed by atoms with Gasteiger partial charge in [-0.3, -0.25) is 9.69 Å². The molecule has 4 heterocycles. The number of rotatable bonds is 4. The number of hydrogen-bond acceptors (Lipinski definition) is 7. The zero-order valence-corrected chi connectivity index (χ0v) is 16.5. The summed E-state index contributed by atoms with van der Waals surface area (Å²) in [5.41, 5.74) is 2.15. The van der Waals surface area contributed by atoms with Crippen LogP contribution in [0.3, 0.4) is 0 Å². The standard InChI is InChI=1S/C19H25N7O2/c1-13(2)18-22-16(23-28-18)12-24-5-4-6-25(8-7-24)19(27)15-10-21-26-11-14(3)9-20-17(15)26/h9-11,13H,4-8,12H2,1-3H3. The summed E-state index contributed by atoms with van der Waals surface area (Å²) in [6.07, 6.45) is 6.14. The van der Waals surface area contributed by atoms with Crippen LogP contribution in [0, 0.1) is 6.92 Å². The number of carbonyl (C=O) groups is 1. The lowest BCUT2D eigenvalue weighted by molar-refractivity contribution is 0.0762. The molecule has 0 saturated carbocycles. The fraction of sp³-hybridized carbons (Fsp3) is 0.526. The molecule has 1 aliphatic rings. The molecule has 28 heavy (non-hydrogen) atoms. The van der Waals surface area contributed by atoms with E-state index in [2.05, 4.69) is 25.1 Å². The van der Waals surface area contributed by atoms with Gasteiger partial charge in [0.2, 0.25) is 5.89 Å². The maximum absolute atomic E-state index is 13.0. The van der Waals surface area contributed by atoms with Gasteiger partial charge in [-0.25, -0.2) is 9.50 Å². The molecule has 9 heteroatoms. The van der Waals surface area contributed by atoms with E-state index in [1.54, 1.807) is 16.9 Å². The summed E-state index contributed by atoms with van der Waals surface area (Å²) in [5, 5.41) is 8.35. The fourth-order valence-corrected chi connectivity index (χ4v) is 3.39. The molecule has 4 rings (SSSR count). The van der Waals surface area contributed by atoms with E-state index in [9.17, 15) is 4.79 Å². The van der Waals surface area contributed by atoms with E-state index in [4.69, 9.17) is 4.52 Å². The van der Waals surface area contributed by atoms with Gasteiger partial charge < -0.3 is 9.42 Å². The minimum atomic E-state index is -0.0186.